The molecule has 0 fully saturated rings. The molecule has 1 amide bonds. The molecule has 1 N–H and O–H groups in total. The normalized spacial score (nSPS) is 17.5. The van der Waals surface area contributed by atoms with E-state index in [0.29, 0.717) is 11.1 Å². The molecule has 1 aliphatic carbocycles. The average molecular weight is 420 g/mol. The highest BCUT2D eigenvalue weighted by atomic mass is 32.2. The number of nitrogens with zero attached hydrogens (tertiary/aromatic N) is 2. The van der Waals surface area contributed by atoms with Gasteiger partial charge in [-0.3, -0.25) is 4.79 Å². The fourth-order valence-electron chi connectivity index (χ4n) is 3.20. The standard InChI is InChI=1S/C19H21N3O2S3/c1-11-5-6-15-13(8-11)9-16(27-15)18-21-22-19(24-18)26-10-17(23)20-12(2)14-4-3-7-25-14/h3-4,7,9,11-12H,5-6,8,10H2,1-2H3,(H,20,23)/t11-,12+/m1/s1. The van der Waals surface area contributed by atoms with Gasteiger partial charge in [-0.2, -0.15) is 0 Å². The van der Waals surface area contributed by atoms with Crippen LogP contribution >= 0.6 is 34.4 Å². The lowest BCUT2D eigenvalue weighted by Gasteiger charge is -2.16. The summed E-state index contributed by atoms with van der Waals surface area (Å²) in [5.41, 5.74) is 1.42. The van der Waals surface area contributed by atoms with Crippen LogP contribution in [0.5, 0.6) is 0 Å². The summed E-state index contributed by atoms with van der Waals surface area (Å²) in [6, 6.07) is 6.21. The van der Waals surface area contributed by atoms with Crippen molar-refractivity contribution >= 4 is 40.3 Å². The van der Waals surface area contributed by atoms with E-state index in [1.165, 1.54) is 28.6 Å². The molecular weight excluding hydrogens is 398 g/mol. The Bertz CT molecular complexity index is 917. The molecule has 0 unspecified atom stereocenters. The van der Waals surface area contributed by atoms with E-state index in [-0.39, 0.29) is 17.7 Å². The van der Waals surface area contributed by atoms with Gasteiger partial charge in [0, 0.05) is 9.75 Å². The molecule has 0 aliphatic heterocycles. The van der Waals surface area contributed by atoms with E-state index in [9.17, 15) is 4.79 Å². The Morgan fingerprint density at radius 2 is 2.37 bits per heavy atom. The van der Waals surface area contributed by atoms with Gasteiger partial charge in [-0.25, -0.2) is 0 Å². The zero-order chi connectivity index (χ0) is 18.8. The third-order valence-corrected chi connectivity index (χ3v) is 7.72. The third-order valence-electron chi connectivity index (χ3n) is 4.62. The van der Waals surface area contributed by atoms with Crippen LogP contribution in [0.1, 0.15) is 41.6 Å². The Morgan fingerprint density at radius 1 is 1.48 bits per heavy atom. The van der Waals surface area contributed by atoms with Crippen molar-refractivity contribution in [3.63, 3.8) is 0 Å². The first-order chi connectivity index (χ1) is 13.1. The van der Waals surface area contributed by atoms with Crippen molar-refractivity contribution in [2.24, 2.45) is 5.92 Å². The van der Waals surface area contributed by atoms with Gasteiger partial charge in [0.05, 0.1) is 16.7 Å². The second kappa shape index (κ2) is 8.16. The zero-order valence-electron chi connectivity index (χ0n) is 15.2. The van der Waals surface area contributed by atoms with Crippen molar-refractivity contribution in [1.82, 2.24) is 15.5 Å². The minimum absolute atomic E-state index is 0.0103. The Morgan fingerprint density at radius 3 is 3.19 bits per heavy atom. The molecule has 0 saturated heterocycles. The smallest absolute Gasteiger partial charge is 0.277 e. The van der Waals surface area contributed by atoms with Crippen molar-refractivity contribution in [3.8, 4) is 10.8 Å². The van der Waals surface area contributed by atoms with Gasteiger partial charge in [0.1, 0.15) is 0 Å². The SMILES string of the molecule is C[C@@H]1CCc2sc(-c3nnc(SCC(=O)N[C@@H](C)c4cccs4)o3)cc2C1. The second-order valence-electron chi connectivity index (χ2n) is 6.87. The lowest BCUT2D eigenvalue weighted by Crippen LogP contribution is -2.27. The fraction of sp³-hybridized carbons (Fsp3) is 0.421. The fourth-order valence-corrected chi connectivity index (χ4v) is 5.64. The van der Waals surface area contributed by atoms with E-state index < -0.39 is 0 Å². The lowest BCUT2D eigenvalue weighted by atomic mass is 9.90. The summed E-state index contributed by atoms with van der Waals surface area (Å²) in [5.74, 6) is 1.51. The van der Waals surface area contributed by atoms with Gasteiger partial charge in [-0.05, 0) is 55.2 Å². The molecule has 142 valence electrons. The Hall–Kier alpha value is -1.64. The Balaban J connectivity index is 1.34. The number of fused-ring (bicyclic) bond motifs is 1. The molecule has 27 heavy (non-hydrogen) atoms. The first kappa shape index (κ1) is 18.7. The number of rotatable bonds is 6. The summed E-state index contributed by atoms with van der Waals surface area (Å²) in [4.78, 5) is 15.8. The van der Waals surface area contributed by atoms with Crippen molar-refractivity contribution in [1.29, 1.82) is 0 Å². The number of aryl methyl sites for hydroxylation is 1. The molecule has 1 aliphatic rings. The molecule has 0 bridgehead atoms. The van der Waals surface area contributed by atoms with E-state index in [0.717, 1.165) is 28.5 Å². The van der Waals surface area contributed by atoms with Crippen molar-refractivity contribution < 1.29 is 9.21 Å². The van der Waals surface area contributed by atoms with Gasteiger partial charge >= 0.3 is 0 Å². The number of carbonyl (C=O) groups is 1. The van der Waals surface area contributed by atoms with Gasteiger partial charge in [0.2, 0.25) is 5.91 Å². The quantitative estimate of drug-likeness (QED) is 0.572. The highest BCUT2D eigenvalue weighted by Gasteiger charge is 2.21. The molecule has 0 saturated carbocycles. The maximum atomic E-state index is 12.1. The Labute approximate surface area is 170 Å². The molecule has 0 spiro atoms. The van der Waals surface area contributed by atoms with Crippen molar-refractivity contribution in [3.05, 3.63) is 38.9 Å². The summed E-state index contributed by atoms with van der Waals surface area (Å²) < 4.78 is 5.78. The molecule has 0 radical (unpaired) electrons. The van der Waals surface area contributed by atoms with Crippen LogP contribution in [0.3, 0.4) is 0 Å². The summed E-state index contributed by atoms with van der Waals surface area (Å²) in [6.45, 7) is 4.28. The van der Waals surface area contributed by atoms with Crippen LogP contribution in [0.25, 0.3) is 10.8 Å². The second-order valence-corrected chi connectivity index (χ2v) is 9.92. The predicted molar refractivity (Wildman–Crippen MR) is 110 cm³/mol. The van der Waals surface area contributed by atoms with Gasteiger partial charge in [0.15, 0.2) is 0 Å². The number of hydrogen-bond acceptors (Lipinski definition) is 7. The average Bonchev–Trinajstić information content (AvgIpc) is 3.38. The van der Waals surface area contributed by atoms with Gasteiger partial charge in [0.25, 0.3) is 11.1 Å². The number of aromatic nitrogens is 2. The van der Waals surface area contributed by atoms with Gasteiger partial charge < -0.3 is 9.73 Å². The number of thioether (sulfide) groups is 1. The van der Waals surface area contributed by atoms with Gasteiger partial charge in [-0.15, -0.1) is 32.9 Å². The molecule has 3 heterocycles. The van der Waals surface area contributed by atoms with Crippen LogP contribution in [0.15, 0.2) is 33.2 Å². The van der Waals surface area contributed by atoms with E-state index in [2.05, 4.69) is 28.5 Å². The number of amides is 1. The molecule has 0 aromatic carbocycles. The highest BCUT2D eigenvalue weighted by Crippen LogP contribution is 2.37. The minimum atomic E-state index is -0.0405. The minimum Gasteiger partial charge on any atom is -0.410 e. The van der Waals surface area contributed by atoms with E-state index in [1.807, 2.05) is 24.4 Å². The van der Waals surface area contributed by atoms with E-state index >= 15 is 0 Å². The Kier molecular flexibility index (Phi) is 5.66. The predicted octanol–water partition coefficient (Wildman–Crippen LogP) is 4.95. The third kappa shape index (κ3) is 4.44. The maximum Gasteiger partial charge on any atom is 0.277 e. The first-order valence-corrected chi connectivity index (χ1v) is 11.7. The molecule has 4 rings (SSSR count). The molecule has 8 heteroatoms. The van der Waals surface area contributed by atoms with Crippen LogP contribution in [0, 0.1) is 5.92 Å². The number of nitrogens with one attached hydrogen (secondary N) is 1. The summed E-state index contributed by atoms with van der Waals surface area (Å²) in [6.07, 6.45) is 3.51. The highest BCUT2D eigenvalue weighted by molar-refractivity contribution is 7.99. The summed E-state index contributed by atoms with van der Waals surface area (Å²) >= 11 is 4.66. The molecular formula is C19H21N3O2S3. The molecule has 3 aromatic rings. The topological polar surface area (TPSA) is 68.0 Å². The van der Waals surface area contributed by atoms with E-state index in [1.54, 1.807) is 22.7 Å². The first-order valence-electron chi connectivity index (χ1n) is 8.99. The van der Waals surface area contributed by atoms with Crippen molar-refractivity contribution in [2.75, 3.05) is 5.75 Å². The lowest BCUT2D eigenvalue weighted by molar-refractivity contribution is -0.119. The number of carbonyl (C=O) groups excluding carboxylic acids is 1. The van der Waals surface area contributed by atoms with Crippen LogP contribution in [0.2, 0.25) is 0 Å². The summed E-state index contributed by atoms with van der Waals surface area (Å²) in [7, 11) is 0. The molecule has 5 nitrogen and oxygen atoms in total. The number of hydrogen-bond donors (Lipinski definition) is 1. The largest absolute Gasteiger partial charge is 0.410 e. The van der Waals surface area contributed by atoms with Crippen molar-refractivity contribution in [2.45, 2.75) is 44.4 Å². The molecule has 3 aromatic heterocycles. The zero-order valence-corrected chi connectivity index (χ0v) is 17.7. The van der Waals surface area contributed by atoms with Crippen LogP contribution < -0.4 is 5.32 Å². The van der Waals surface area contributed by atoms with Crippen LogP contribution in [0.4, 0.5) is 0 Å². The monoisotopic (exact) mass is 419 g/mol. The summed E-state index contributed by atoms with van der Waals surface area (Å²) in [5, 5.41) is 13.7. The maximum absolute atomic E-state index is 12.1. The van der Waals surface area contributed by atoms with Gasteiger partial charge in [-0.1, -0.05) is 24.8 Å². The van der Waals surface area contributed by atoms with Crippen LogP contribution in [-0.2, 0) is 17.6 Å². The van der Waals surface area contributed by atoms with E-state index in [4.69, 9.17) is 4.42 Å². The number of thiophene rings is 2. The van der Waals surface area contributed by atoms with Crippen LogP contribution in [-0.4, -0.2) is 21.9 Å². The molecule has 2 atom stereocenters.